The lowest BCUT2D eigenvalue weighted by Crippen LogP contribution is -2.56. The number of likely N-dealkylation sites (N-methyl/N-ethyl adjacent to an activating group) is 1. The number of urea groups is 1. The molecule has 1 unspecified atom stereocenters. The average molecular weight is 388 g/mol. The fourth-order valence-electron chi connectivity index (χ4n) is 4.61. The smallest absolute Gasteiger partial charge is 0.317 e. The van der Waals surface area contributed by atoms with Gasteiger partial charge in [-0.25, -0.2) is 4.79 Å². The number of benzene rings is 1. The van der Waals surface area contributed by atoms with Crippen molar-refractivity contribution in [3.05, 3.63) is 35.9 Å². The summed E-state index contributed by atoms with van der Waals surface area (Å²) in [4.78, 5) is 25.5. The molecule has 2 amide bonds. The highest BCUT2D eigenvalue weighted by molar-refractivity contribution is 5.75. The monoisotopic (exact) mass is 387 g/mol. The highest BCUT2D eigenvalue weighted by atomic mass is 16.4. The first-order chi connectivity index (χ1) is 13.5. The molecule has 2 aliphatic carbocycles. The normalized spacial score (nSPS) is 23.2. The van der Waals surface area contributed by atoms with Crippen LogP contribution < -0.4 is 10.6 Å². The number of carboxylic acid groups (broad SMARTS) is 1. The van der Waals surface area contributed by atoms with Crippen molar-refractivity contribution in [3.63, 3.8) is 0 Å². The molecule has 3 N–H and O–H groups in total. The molecule has 28 heavy (non-hydrogen) atoms. The number of nitrogens with zero attached hydrogens (tertiary/aromatic N) is 1. The van der Waals surface area contributed by atoms with E-state index in [4.69, 9.17) is 5.11 Å². The van der Waals surface area contributed by atoms with E-state index in [1.165, 1.54) is 25.7 Å². The first kappa shape index (κ1) is 20.6. The molecule has 2 fully saturated rings. The van der Waals surface area contributed by atoms with Gasteiger partial charge in [-0.2, -0.15) is 0 Å². The van der Waals surface area contributed by atoms with Crippen molar-refractivity contribution in [1.29, 1.82) is 0 Å². The molecule has 0 heterocycles. The molecule has 1 aromatic carbocycles. The van der Waals surface area contributed by atoms with Crippen molar-refractivity contribution >= 4 is 12.0 Å². The number of hydrogen-bond donors (Lipinski definition) is 3. The number of hydrogen-bond acceptors (Lipinski definition) is 3. The van der Waals surface area contributed by atoms with Crippen LogP contribution in [0.5, 0.6) is 0 Å². The number of amides is 2. The van der Waals surface area contributed by atoms with Gasteiger partial charge in [0.1, 0.15) is 0 Å². The lowest BCUT2D eigenvalue weighted by molar-refractivity contribution is -0.139. The van der Waals surface area contributed by atoms with Crippen molar-refractivity contribution in [2.45, 2.75) is 70.0 Å². The van der Waals surface area contributed by atoms with Gasteiger partial charge in [-0.05, 0) is 37.3 Å². The van der Waals surface area contributed by atoms with E-state index in [1.54, 1.807) is 0 Å². The fourth-order valence-corrected chi connectivity index (χ4v) is 4.61. The maximum atomic E-state index is 12.6. The summed E-state index contributed by atoms with van der Waals surface area (Å²) in [6, 6.07) is 10.5. The van der Waals surface area contributed by atoms with Crippen molar-refractivity contribution in [2.75, 3.05) is 13.1 Å². The lowest BCUT2D eigenvalue weighted by Gasteiger charge is -2.42. The van der Waals surface area contributed by atoms with Gasteiger partial charge in [0.2, 0.25) is 0 Å². The molecule has 1 atom stereocenters. The van der Waals surface area contributed by atoms with E-state index in [9.17, 15) is 9.59 Å². The van der Waals surface area contributed by atoms with Crippen molar-refractivity contribution < 1.29 is 14.7 Å². The number of carbonyl (C=O) groups excluding carboxylic acids is 1. The van der Waals surface area contributed by atoms with Crippen LogP contribution in [0.4, 0.5) is 4.79 Å². The van der Waals surface area contributed by atoms with Gasteiger partial charge in [0.25, 0.3) is 0 Å². The van der Waals surface area contributed by atoms with E-state index >= 15 is 0 Å². The Kier molecular flexibility index (Phi) is 7.31. The molecule has 0 saturated heterocycles. The lowest BCUT2D eigenvalue weighted by atomic mass is 9.85. The molecule has 154 valence electrons. The van der Waals surface area contributed by atoms with Crippen LogP contribution in [0.1, 0.15) is 63.5 Å². The molecule has 6 nitrogen and oxygen atoms in total. The predicted octanol–water partition coefficient (Wildman–Crippen LogP) is 3.54. The van der Waals surface area contributed by atoms with Crippen LogP contribution in [-0.4, -0.2) is 47.2 Å². The van der Waals surface area contributed by atoms with Gasteiger partial charge in [-0.3, -0.25) is 9.69 Å². The molecular formula is C22H33N3O3. The topological polar surface area (TPSA) is 81.7 Å². The Morgan fingerprint density at radius 1 is 1.18 bits per heavy atom. The average Bonchev–Trinajstić information content (AvgIpc) is 3.16. The minimum atomic E-state index is -0.798. The molecule has 0 aliphatic heterocycles. The SMILES string of the molecule is CCN(CC(=O)O)C1CC(NC(=O)NC(CC2CCCC2)c2ccccc2)C1. The minimum absolute atomic E-state index is 0.0410. The largest absolute Gasteiger partial charge is 0.480 e. The Balaban J connectivity index is 1.49. The second-order valence-electron chi connectivity index (χ2n) is 8.25. The molecule has 0 aromatic heterocycles. The number of aliphatic carboxylic acids is 1. The summed E-state index contributed by atoms with van der Waals surface area (Å²) >= 11 is 0. The van der Waals surface area contributed by atoms with Crippen LogP contribution in [0.25, 0.3) is 0 Å². The van der Waals surface area contributed by atoms with E-state index in [0.717, 1.165) is 24.8 Å². The zero-order valence-electron chi connectivity index (χ0n) is 16.8. The molecule has 0 spiro atoms. The van der Waals surface area contributed by atoms with E-state index < -0.39 is 5.97 Å². The van der Waals surface area contributed by atoms with Crippen LogP contribution in [0.2, 0.25) is 0 Å². The second-order valence-corrected chi connectivity index (χ2v) is 8.25. The van der Waals surface area contributed by atoms with Crippen LogP contribution >= 0.6 is 0 Å². The van der Waals surface area contributed by atoms with Crippen LogP contribution in [0.3, 0.4) is 0 Å². The van der Waals surface area contributed by atoms with Gasteiger partial charge in [-0.15, -0.1) is 0 Å². The van der Waals surface area contributed by atoms with E-state index in [0.29, 0.717) is 12.5 Å². The van der Waals surface area contributed by atoms with Gasteiger partial charge < -0.3 is 15.7 Å². The number of carboxylic acids is 1. The van der Waals surface area contributed by atoms with Gasteiger partial charge in [-0.1, -0.05) is 62.9 Å². The molecule has 6 heteroatoms. The van der Waals surface area contributed by atoms with Crippen LogP contribution in [0, 0.1) is 5.92 Å². The van der Waals surface area contributed by atoms with Crippen LogP contribution in [-0.2, 0) is 4.79 Å². The summed E-state index contributed by atoms with van der Waals surface area (Å²) in [5, 5.41) is 15.3. The van der Waals surface area contributed by atoms with Gasteiger partial charge >= 0.3 is 12.0 Å². The zero-order chi connectivity index (χ0) is 19.9. The molecule has 1 aromatic rings. The number of carbonyl (C=O) groups is 2. The molecule has 0 bridgehead atoms. The summed E-state index contributed by atoms with van der Waals surface area (Å²) in [6.07, 6.45) is 7.73. The van der Waals surface area contributed by atoms with Crippen molar-refractivity contribution in [3.8, 4) is 0 Å². The Morgan fingerprint density at radius 2 is 1.86 bits per heavy atom. The summed E-state index contributed by atoms with van der Waals surface area (Å²) in [5.41, 5.74) is 1.16. The molecule has 2 aliphatic rings. The Labute approximate surface area is 167 Å². The number of rotatable bonds is 9. The van der Waals surface area contributed by atoms with Crippen molar-refractivity contribution in [2.24, 2.45) is 5.92 Å². The quantitative estimate of drug-likeness (QED) is 0.605. The summed E-state index contributed by atoms with van der Waals surface area (Å²) in [6.45, 7) is 2.76. The predicted molar refractivity (Wildman–Crippen MR) is 109 cm³/mol. The van der Waals surface area contributed by atoms with Gasteiger partial charge in [0, 0.05) is 12.1 Å². The number of nitrogens with one attached hydrogen (secondary N) is 2. The summed E-state index contributed by atoms with van der Waals surface area (Å²) in [5.74, 6) is -0.110. The molecular weight excluding hydrogens is 354 g/mol. The summed E-state index contributed by atoms with van der Waals surface area (Å²) in [7, 11) is 0. The maximum Gasteiger partial charge on any atom is 0.317 e. The second kappa shape index (κ2) is 9.92. The first-order valence-electron chi connectivity index (χ1n) is 10.6. The van der Waals surface area contributed by atoms with E-state index in [-0.39, 0.29) is 30.7 Å². The molecule has 0 radical (unpaired) electrons. The third kappa shape index (κ3) is 5.71. The van der Waals surface area contributed by atoms with E-state index in [2.05, 4.69) is 22.8 Å². The highest BCUT2D eigenvalue weighted by Gasteiger charge is 2.35. The Morgan fingerprint density at radius 3 is 2.46 bits per heavy atom. The first-order valence-corrected chi connectivity index (χ1v) is 10.6. The zero-order valence-corrected chi connectivity index (χ0v) is 16.8. The third-order valence-electron chi connectivity index (χ3n) is 6.26. The summed E-state index contributed by atoms with van der Waals surface area (Å²) < 4.78 is 0. The third-order valence-corrected chi connectivity index (χ3v) is 6.26. The molecule has 2 saturated carbocycles. The molecule has 3 rings (SSSR count). The van der Waals surface area contributed by atoms with E-state index in [1.807, 2.05) is 30.0 Å². The minimum Gasteiger partial charge on any atom is -0.480 e. The standard InChI is InChI=1S/C22H33N3O3/c1-2-25(15-21(26)27)19-13-18(14-19)23-22(28)24-20(12-16-8-6-7-9-16)17-10-4-3-5-11-17/h3-5,10-11,16,18-20H,2,6-9,12-15H2,1H3,(H,26,27)(H2,23,24,28). The van der Waals surface area contributed by atoms with Gasteiger partial charge in [0.15, 0.2) is 0 Å². The Hall–Kier alpha value is -2.08. The van der Waals surface area contributed by atoms with Gasteiger partial charge in [0.05, 0.1) is 12.6 Å². The van der Waals surface area contributed by atoms with Crippen LogP contribution in [0.15, 0.2) is 30.3 Å². The maximum absolute atomic E-state index is 12.6. The van der Waals surface area contributed by atoms with Crippen molar-refractivity contribution in [1.82, 2.24) is 15.5 Å². The fraction of sp³-hybridized carbons (Fsp3) is 0.636. The Bertz CT molecular complexity index is 640. The highest BCUT2D eigenvalue weighted by Crippen LogP contribution is 2.33.